The number of rotatable bonds is 5. The summed E-state index contributed by atoms with van der Waals surface area (Å²) in [7, 11) is -2.03. The standard InChI is InChI=1S/C50H40N4SSi/c1-50(2)39-30-35(36-24-27-42-46(32-36)56(3,4)45-23-15-14-22-41(45)54(42)38-20-12-7-13-21-38)25-28-43(39)55-44-29-26-37(31-40(44)50)49-52-47(33-16-8-5-9-17-33)51-48(53-49)34-18-10-6-11-19-34/h5-32H,1-4H3. The minimum atomic E-state index is -2.03. The lowest BCUT2D eigenvalue weighted by Gasteiger charge is -2.41. The Morgan fingerprint density at radius 2 is 0.911 bits per heavy atom. The van der Waals surface area contributed by atoms with E-state index in [4.69, 9.17) is 15.0 Å². The summed E-state index contributed by atoms with van der Waals surface area (Å²) in [4.78, 5) is 20.0. The Morgan fingerprint density at radius 1 is 0.446 bits per heavy atom. The molecule has 0 atom stereocenters. The zero-order chi connectivity index (χ0) is 38.0. The zero-order valence-electron chi connectivity index (χ0n) is 31.9. The maximum Gasteiger partial charge on any atom is 0.164 e. The highest BCUT2D eigenvalue weighted by molar-refractivity contribution is 7.99. The number of hydrogen-bond donors (Lipinski definition) is 0. The van der Waals surface area contributed by atoms with Gasteiger partial charge in [0.05, 0.1) is 0 Å². The number of fused-ring (bicyclic) bond motifs is 4. The highest BCUT2D eigenvalue weighted by atomic mass is 32.2. The van der Waals surface area contributed by atoms with E-state index in [1.807, 2.05) is 48.2 Å². The molecule has 0 bridgehead atoms. The molecule has 0 N–H and O–H groups in total. The smallest absolute Gasteiger partial charge is 0.164 e. The Hall–Kier alpha value is -6.08. The molecule has 3 heterocycles. The van der Waals surface area contributed by atoms with Crippen molar-refractivity contribution in [1.82, 2.24) is 15.0 Å². The first-order valence-corrected chi connectivity index (χ1v) is 23.0. The number of para-hydroxylation sites is 2. The van der Waals surface area contributed by atoms with Crippen LogP contribution in [0.3, 0.4) is 0 Å². The summed E-state index contributed by atoms with van der Waals surface area (Å²) in [5.74, 6) is 2.01. The third kappa shape index (κ3) is 5.71. The maximum atomic E-state index is 5.05. The summed E-state index contributed by atoms with van der Waals surface area (Å²) in [6, 6.07) is 61.1. The van der Waals surface area contributed by atoms with Crippen molar-refractivity contribution in [2.75, 3.05) is 4.90 Å². The average Bonchev–Trinajstić information content (AvgIpc) is 3.24. The van der Waals surface area contributed by atoms with Gasteiger partial charge in [0.15, 0.2) is 17.5 Å². The first-order valence-electron chi connectivity index (χ1n) is 19.2. The highest BCUT2D eigenvalue weighted by Crippen LogP contribution is 2.51. The van der Waals surface area contributed by atoms with E-state index in [1.54, 1.807) is 0 Å². The van der Waals surface area contributed by atoms with Gasteiger partial charge < -0.3 is 4.90 Å². The largest absolute Gasteiger partial charge is 0.311 e. The average molecular weight is 757 g/mol. The van der Waals surface area contributed by atoms with E-state index in [0.717, 1.165) is 16.7 Å². The minimum absolute atomic E-state index is 0.259. The summed E-state index contributed by atoms with van der Waals surface area (Å²) in [5.41, 5.74) is 11.5. The molecule has 0 unspecified atom stereocenters. The Bertz CT molecular complexity index is 2730. The quantitative estimate of drug-likeness (QED) is 0.164. The number of anilines is 3. The van der Waals surface area contributed by atoms with E-state index in [-0.39, 0.29) is 5.41 Å². The van der Waals surface area contributed by atoms with Gasteiger partial charge in [-0.1, -0.05) is 160 Å². The first kappa shape index (κ1) is 34.4. The molecular weight excluding hydrogens is 717 g/mol. The summed E-state index contributed by atoms with van der Waals surface area (Å²) in [6.45, 7) is 9.70. The predicted octanol–water partition coefficient (Wildman–Crippen LogP) is 11.9. The third-order valence-corrected chi connectivity index (χ3v) is 16.2. The Kier molecular flexibility index (Phi) is 8.17. The van der Waals surface area contributed by atoms with E-state index in [0.29, 0.717) is 17.5 Å². The molecule has 0 fully saturated rings. The Balaban J connectivity index is 1.05. The fraction of sp³-hybridized carbons (Fsp3) is 0.100. The topological polar surface area (TPSA) is 41.9 Å². The van der Waals surface area contributed by atoms with Gasteiger partial charge in [0.1, 0.15) is 8.07 Å². The van der Waals surface area contributed by atoms with Crippen LogP contribution >= 0.6 is 11.8 Å². The monoisotopic (exact) mass is 756 g/mol. The number of aromatic nitrogens is 3. The summed E-state index contributed by atoms with van der Waals surface area (Å²) >= 11 is 1.85. The summed E-state index contributed by atoms with van der Waals surface area (Å²) in [5, 5.41) is 2.93. The van der Waals surface area contributed by atoms with Crippen molar-refractivity contribution in [3.05, 3.63) is 181 Å². The van der Waals surface area contributed by atoms with Gasteiger partial charge in [-0.2, -0.15) is 0 Å². The number of benzene rings is 7. The van der Waals surface area contributed by atoms with E-state index in [9.17, 15) is 0 Å². The van der Waals surface area contributed by atoms with Gasteiger partial charge in [-0.25, -0.2) is 15.0 Å². The van der Waals surface area contributed by atoms with Crippen molar-refractivity contribution < 1.29 is 0 Å². The SMILES string of the molecule is CC1(C)c2cc(-c3ccc4c(c3)[Si](C)(C)c3ccccc3N4c3ccccc3)ccc2Sc2ccc(-c3nc(-c4ccccc4)nc(-c4ccccc4)n3)cc21. The Labute approximate surface area is 334 Å². The molecule has 1 aromatic heterocycles. The molecule has 2 aliphatic heterocycles. The molecule has 7 aromatic carbocycles. The van der Waals surface area contributed by atoms with E-state index < -0.39 is 8.07 Å². The fourth-order valence-corrected chi connectivity index (χ4v) is 12.8. The lowest BCUT2D eigenvalue weighted by Crippen LogP contribution is -2.58. The molecule has 0 amide bonds. The van der Waals surface area contributed by atoms with Crippen LogP contribution in [0.4, 0.5) is 17.1 Å². The molecule has 2 aliphatic rings. The van der Waals surface area contributed by atoms with Crippen LogP contribution in [0.2, 0.25) is 13.1 Å². The van der Waals surface area contributed by atoms with Crippen LogP contribution in [-0.2, 0) is 5.41 Å². The molecule has 0 radical (unpaired) electrons. The van der Waals surface area contributed by atoms with Crippen molar-refractivity contribution >= 4 is 47.3 Å². The van der Waals surface area contributed by atoms with Gasteiger partial charge in [0.2, 0.25) is 0 Å². The van der Waals surface area contributed by atoms with Gasteiger partial charge in [-0.05, 0) is 81.2 Å². The van der Waals surface area contributed by atoms with E-state index >= 15 is 0 Å². The second kappa shape index (κ2) is 13.3. The third-order valence-electron chi connectivity index (χ3n) is 11.6. The van der Waals surface area contributed by atoms with Crippen LogP contribution in [0.5, 0.6) is 0 Å². The van der Waals surface area contributed by atoms with Gasteiger partial charge in [0, 0.05) is 49.0 Å². The van der Waals surface area contributed by atoms with E-state index in [2.05, 4.69) is 165 Å². The molecule has 0 saturated heterocycles. The van der Waals surface area contributed by atoms with Gasteiger partial charge >= 0.3 is 0 Å². The minimum Gasteiger partial charge on any atom is -0.311 e. The number of nitrogens with zero attached hydrogens (tertiary/aromatic N) is 4. The van der Waals surface area contributed by atoms with Crippen molar-refractivity contribution in [3.63, 3.8) is 0 Å². The second-order valence-electron chi connectivity index (χ2n) is 15.7. The first-order chi connectivity index (χ1) is 27.3. The van der Waals surface area contributed by atoms with Crippen molar-refractivity contribution in [2.45, 2.75) is 42.1 Å². The van der Waals surface area contributed by atoms with Crippen LogP contribution in [0.1, 0.15) is 25.0 Å². The maximum absolute atomic E-state index is 5.05. The molecule has 6 heteroatoms. The fourth-order valence-electron chi connectivity index (χ4n) is 8.47. The molecule has 0 saturated carbocycles. The van der Waals surface area contributed by atoms with Gasteiger partial charge in [0.25, 0.3) is 0 Å². The number of hydrogen-bond acceptors (Lipinski definition) is 5. The van der Waals surface area contributed by atoms with Crippen molar-refractivity contribution in [3.8, 4) is 45.3 Å². The second-order valence-corrected chi connectivity index (χ2v) is 21.1. The lowest BCUT2D eigenvalue weighted by atomic mass is 9.76. The predicted molar refractivity (Wildman–Crippen MR) is 236 cm³/mol. The molecular formula is C50H40N4SSi. The molecule has 8 aromatic rings. The van der Waals surface area contributed by atoms with Crippen LogP contribution in [0.25, 0.3) is 45.3 Å². The van der Waals surface area contributed by atoms with Crippen LogP contribution < -0.4 is 15.3 Å². The van der Waals surface area contributed by atoms with Crippen LogP contribution in [0, 0.1) is 0 Å². The van der Waals surface area contributed by atoms with E-state index in [1.165, 1.54) is 59.5 Å². The molecule has 0 aliphatic carbocycles. The molecule has 4 nitrogen and oxygen atoms in total. The highest BCUT2D eigenvalue weighted by Gasteiger charge is 2.39. The molecule has 270 valence electrons. The molecule has 10 rings (SSSR count). The van der Waals surface area contributed by atoms with Gasteiger partial charge in [-0.3, -0.25) is 0 Å². The lowest BCUT2D eigenvalue weighted by molar-refractivity contribution is 0.608. The van der Waals surface area contributed by atoms with Crippen molar-refractivity contribution in [2.24, 2.45) is 0 Å². The molecule has 0 spiro atoms. The summed E-state index contributed by atoms with van der Waals surface area (Å²) in [6.07, 6.45) is 0. The zero-order valence-corrected chi connectivity index (χ0v) is 33.7. The molecule has 56 heavy (non-hydrogen) atoms. The van der Waals surface area contributed by atoms with Crippen LogP contribution in [0.15, 0.2) is 180 Å². The summed E-state index contributed by atoms with van der Waals surface area (Å²) < 4.78 is 0. The van der Waals surface area contributed by atoms with Crippen molar-refractivity contribution in [1.29, 1.82) is 0 Å². The normalized spacial score (nSPS) is 14.6. The van der Waals surface area contributed by atoms with Gasteiger partial charge in [-0.15, -0.1) is 0 Å². The van der Waals surface area contributed by atoms with Crippen LogP contribution in [-0.4, -0.2) is 23.0 Å². The Morgan fingerprint density at radius 3 is 1.54 bits per heavy atom.